The molecule has 3 saturated carbocycles. The van der Waals surface area contributed by atoms with Crippen LogP contribution in [0.1, 0.15) is 64.0 Å². The zero-order valence-corrected chi connectivity index (χ0v) is 25.8. The Morgan fingerprint density at radius 2 is 1.84 bits per heavy atom. The highest BCUT2D eigenvalue weighted by Crippen LogP contribution is 2.68. The van der Waals surface area contributed by atoms with Gasteiger partial charge < -0.3 is 19.3 Å². The molecule has 0 aromatic heterocycles. The summed E-state index contributed by atoms with van der Waals surface area (Å²) in [7, 11) is 0. The van der Waals surface area contributed by atoms with Crippen molar-refractivity contribution in [3.63, 3.8) is 0 Å². The summed E-state index contributed by atoms with van der Waals surface area (Å²) in [6, 6.07) is 6.65. The molecule has 0 aliphatic heterocycles. The minimum atomic E-state index is -1.68. The number of carbonyl (C=O) groups excluding carboxylic acids is 4. The Bertz CT molecular complexity index is 1400. The SMILES string of the molecule is CCOC(=O)O[C@]1(C(=O)COC(=O)Cc2cccc(CON(O)O)c2)CC[C@H]2[C@@H]3CCC4=CC(=O)C=C[C@]4(C)[C@H]3[C@@H](O)C[C@@]21C. The molecule has 0 spiro atoms. The first-order chi connectivity index (χ1) is 21.3. The summed E-state index contributed by atoms with van der Waals surface area (Å²) >= 11 is 0. The molecule has 0 amide bonds. The van der Waals surface area contributed by atoms with Gasteiger partial charge in [-0.1, -0.05) is 49.8 Å². The Hall–Kier alpha value is -3.42. The Kier molecular flexibility index (Phi) is 9.35. The summed E-state index contributed by atoms with van der Waals surface area (Å²) in [5, 5.41) is 28.9. The topological polar surface area (TPSA) is 169 Å². The lowest BCUT2D eigenvalue weighted by Crippen LogP contribution is -2.63. The molecule has 45 heavy (non-hydrogen) atoms. The quantitative estimate of drug-likeness (QED) is 0.252. The average molecular weight is 628 g/mol. The van der Waals surface area contributed by atoms with Crippen LogP contribution in [0.2, 0.25) is 0 Å². The lowest BCUT2D eigenvalue weighted by molar-refractivity contribution is -0.497. The van der Waals surface area contributed by atoms with Crippen LogP contribution in [0, 0.1) is 28.6 Å². The normalized spacial score (nSPS) is 33.5. The van der Waals surface area contributed by atoms with Crippen LogP contribution >= 0.6 is 0 Å². The molecule has 0 heterocycles. The summed E-state index contributed by atoms with van der Waals surface area (Å²) in [5.41, 5.74) is -1.000. The summed E-state index contributed by atoms with van der Waals surface area (Å²) in [4.78, 5) is 56.5. The predicted octanol–water partition coefficient (Wildman–Crippen LogP) is 4.04. The van der Waals surface area contributed by atoms with Gasteiger partial charge in [0.15, 0.2) is 18.0 Å². The number of aliphatic hydroxyl groups excluding tert-OH is 1. The Labute approximate surface area is 261 Å². The lowest BCUT2D eigenvalue weighted by atomic mass is 9.46. The summed E-state index contributed by atoms with van der Waals surface area (Å²) < 4.78 is 16.5. The van der Waals surface area contributed by atoms with Crippen LogP contribution < -0.4 is 0 Å². The van der Waals surface area contributed by atoms with E-state index in [-0.39, 0.29) is 56.0 Å². The highest BCUT2D eigenvalue weighted by Gasteiger charge is 2.70. The number of hydrogen-bond acceptors (Lipinski definition) is 12. The van der Waals surface area contributed by atoms with Crippen molar-refractivity contribution in [3.05, 3.63) is 59.2 Å². The molecule has 5 rings (SSSR count). The summed E-state index contributed by atoms with van der Waals surface area (Å²) in [6.07, 6.45) is 5.50. The van der Waals surface area contributed by atoms with E-state index >= 15 is 0 Å². The monoisotopic (exact) mass is 627 g/mol. The van der Waals surface area contributed by atoms with E-state index in [1.807, 2.05) is 13.0 Å². The zero-order valence-electron chi connectivity index (χ0n) is 25.8. The fourth-order valence-corrected chi connectivity index (χ4v) is 8.73. The number of ketones is 2. The first-order valence-electron chi connectivity index (χ1n) is 15.4. The van der Waals surface area contributed by atoms with Gasteiger partial charge in [-0.25, -0.2) is 9.63 Å². The third-order valence-corrected chi connectivity index (χ3v) is 10.6. The van der Waals surface area contributed by atoms with Gasteiger partial charge in [-0.2, -0.15) is 0 Å². The van der Waals surface area contributed by atoms with E-state index in [0.717, 1.165) is 12.0 Å². The lowest BCUT2D eigenvalue weighted by Gasteiger charge is -2.59. The largest absolute Gasteiger partial charge is 0.509 e. The second-order valence-electron chi connectivity index (χ2n) is 13.0. The number of nitrogens with zero attached hydrogens (tertiary/aromatic N) is 1. The van der Waals surface area contributed by atoms with Gasteiger partial charge in [0.25, 0.3) is 0 Å². The Morgan fingerprint density at radius 3 is 2.58 bits per heavy atom. The molecular formula is C33H41NO11. The summed E-state index contributed by atoms with van der Waals surface area (Å²) in [6.45, 7) is 4.83. The molecule has 1 aromatic carbocycles. The molecule has 1 aromatic rings. The van der Waals surface area contributed by atoms with Crippen molar-refractivity contribution in [1.29, 1.82) is 0 Å². The van der Waals surface area contributed by atoms with Crippen LogP contribution in [0.3, 0.4) is 0 Å². The van der Waals surface area contributed by atoms with Crippen molar-refractivity contribution < 1.29 is 53.7 Å². The number of Topliss-reactive ketones (excluding diaryl/α,β-unsaturated/α-hetero) is 1. The molecule has 4 aliphatic carbocycles. The maximum atomic E-state index is 14.1. The number of benzene rings is 1. The van der Waals surface area contributed by atoms with Gasteiger partial charge in [-0.3, -0.25) is 24.8 Å². The third kappa shape index (κ3) is 6.09. The van der Waals surface area contributed by atoms with E-state index in [1.165, 1.54) is 0 Å². The van der Waals surface area contributed by atoms with Gasteiger partial charge in [0, 0.05) is 16.7 Å². The molecule has 12 nitrogen and oxygen atoms in total. The molecule has 0 bridgehead atoms. The minimum absolute atomic E-state index is 0.00164. The van der Waals surface area contributed by atoms with Gasteiger partial charge in [-0.05, 0) is 74.1 Å². The van der Waals surface area contributed by atoms with E-state index in [0.29, 0.717) is 24.0 Å². The standard InChI is InChI=1S/C33H41NO11/c1-4-42-30(39)45-33(27(37)19-43-28(38)15-20-6-5-7-21(14-20)18-44-34(40)41)13-11-25-24-9-8-22-16-23(35)10-12-31(22,2)29(24)26(36)17-32(25,33)3/h5-7,10,12,14,16,24-26,29,36,40-41H,4,8-9,11,13,15,17-19H2,1-3H3/t24-,25-,26-,29+,31-,32-,33-/m0/s1. The van der Waals surface area contributed by atoms with E-state index in [4.69, 9.17) is 24.6 Å². The van der Waals surface area contributed by atoms with Crippen LogP contribution in [0.5, 0.6) is 0 Å². The third-order valence-electron chi connectivity index (χ3n) is 10.6. The van der Waals surface area contributed by atoms with Crippen molar-refractivity contribution in [2.45, 2.75) is 77.6 Å². The number of hydrogen-bond donors (Lipinski definition) is 3. The van der Waals surface area contributed by atoms with Gasteiger partial charge >= 0.3 is 12.1 Å². The van der Waals surface area contributed by atoms with Gasteiger partial charge in [0.2, 0.25) is 5.78 Å². The smallest absolute Gasteiger partial charge is 0.457 e. The molecule has 244 valence electrons. The highest BCUT2D eigenvalue weighted by atomic mass is 17.1. The zero-order chi connectivity index (χ0) is 32.6. The number of esters is 1. The molecule has 3 fully saturated rings. The van der Waals surface area contributed by atoms with Crippen LogP contribution in [-0.2, 0) is 46.5 Å². The molecule has 12 heteroatoms. The highest BCUT2D eigenvalue weighted by molar-refractivity contribution is 6.01. The maximum absolute atomic E-state index is 14.1. The number of ether oxygens (including phenoxy) is 3. The molecule has 3 N–H and O–H groups in total. The molecular weight excluding hydrogens is 586 g/mol. The molecule has 7 atom stereocenters. The number of allylic oxidation sites excluding steroid dienone is 4. The van der Waals surface area contributed by atoms with Gasteiger partial charge in [-0.15, -0.1) is 0 Å². The Balaban J connectivity index is 1.35. The van der Waals surface area contributed by atoms with Crippen LogP contribution in [0.15, 0.2) is 48.1 Å². The minimum Gasteiger partial charge on any atom is -0.457 e. The van der Waals surface area contributed by atoms with E-state index in [9.17, 15) is 24.3 Å². The van der Waals surface area contributed by atoms with E-state index < -0.39 is 52.4 Å². The van der Waals surface area contributed by atoms with Crippen molar-refractivity contribution >= 4 is 23.7 Å². The van der Waals surface area contributed by atoms with E-state index in [1.54, 1.807) is 43.3 Å². The van der Waals surface area contributed by atoms with Crippen molar-refractivity contribution in [3.8, 4) is 0 Å². The van der Waals surface area contributed by atoms with Crippen LogP contribution in [0.4, 0.5) is 4.79 Å². The number of carbonyl (C=O) groups is 4. The molecule has 0 radical (unpaired) electrons. The first kappa shape index (κ1) is 33.0. The van der Waals surface area contributed by atoms with Gasteiger partial charge in [0.05, 0.1) is 31.1 Å². The molecule has 0 saturated heterocycles. The molecule has 0 unspecified atom stereocenters. The van der Waals surface area contributed by atoms with Crippen LogP contribution in [0.25, 0.3) is 0 Å². The van der Waals surface area contributed by atoms with Crippen molar-refractivity contribution in [1.82, 2.24) is 5.39 Å². The second-order valence-corrected chi connectivity index (χ2v) is 13.0. The Morgan fingerprint density at radius 1 is 1.09 bits per heavy atom. The summed E-state index contributed by atoms with van der Waals surface area (Å²) in [5.74, 6) is -1.56. The predicted molar refractivity (Wildman–Crippen MR) is 155 cm³/mol. The second kappa shape index (κ2) is 12.8. The first-order valence-corrected chi connectivity index (χ1v) is 15.4. The maximum Gasteiger partial charge on any atom is 0.509 e. The molecule has 4 aliphatic rings. The van der Waals surface area contributed by atoms with Crippen molar-refractivity contribution in [2.24, 2.45) is 28.6 Å². The number of rotatable bonds is 10. The van der Waals surface area contributed by atoms with Gasteiger partial charge in [0.1, 0.15) is 0 Å². The van der Waals surface area contributed by atoms with Crippen LogP contribution in [-0.4, -0.2) is 69.5 Å². The number of aliphatic hydroxyl groups is 1. The fourth-order valence-electron chi connectivity index (χ4n) is 8.73. The van der Waals surface area contributed by atoms with Crippen molar-refractivity contribution in [2.75, 3.05) is 13.2 Å². The number of fused-ring (bicyclic) bond motifs is 5. The van der Waals surface area contributed by atoms with E-state index in [2.05, 4.69) is 11.8 Å². The average Bonchev–Trinajstić information content (AvgIpc) is 3.27. The fraction of sp³-hybridized carbons (Fsp3) is 0.576.